The van der Waals surface area contributed by atoms with Crippen molar-refractivity contribution in [2.24, 2.45) is 5.10 Å². The second-order valence-electron chi connectivity index (χ2n) is 5.04. The highest BCUT2D eigenvalue weighted by atomic mass is 79.9. The van der Waals surface area contributed by atoms with Crippen molar-refractivity contribution < 1.29 is 14.3 Å². The largest absolute Gasteiger partial charge is 0.496 e. The SMILES string of the molecule is COc1ccc(C=NNC(=O)CC(=O)Nc2ccc(Cl)c(Cl)c2)cc1Br. The first-order chi connectivity index (χ1) is 12.4. The van der Waals surface area contributed by atoms with E-state index in [1.165, 1.54) is 12.3 Å². The molecular weight excluding hydrogens is 445 g/mol. The highest BCUT2D eigenvalue weighted by molar-refractivity contribution is 9.10. The standard InChI is InChI=1S/C17H14BrCl2N3O3/c1-26-15-5-2-10(6-12(15)18)9-21-23-17(25)8-16(24)22-11-3-4-13(19)14(20)7-11/h2-7,9H,8H2,1H3,(H,22,24)(H,23,25). The van der Waals surface area contributed by atoms with E-state index in [1.54, 1.807) is 37.4 Å². The van der Waals surface area contributed by atoms with E-state index in [0.717, 1.165) is 10.0 Å². The summed E-state index contributed by atoms with van der Waals surface area (Å²) in [5, 5.41) is 7.06. The Balaban J connectivity index is 1.85. The smallest absolute Gasteiger partial charge is 0.249 e. The molecule has 136 valence electrons. The quantitative estimate of drug-likeness (QED) is 0.386. The number of benzene rings is 2. The Morgan fingerprint density at radius 1 is 1.15 bits per heavy atom. The first-order valence-corrected chi connectivity index (χ1v) is 8.84. The van der Waals surface area contributed by atoms with Crippen molar-refractivity contribution in [2.45, 2.75) is 6.42 Å². The summed E-state index contributed by atoms with van der Waals surface area (Å²) in [6.07, 6.45) is 1.07. The summed E-state index contributed by atoms with van der Waals surface area (Å²) in [4.78, 5) is 23.6. The van der Waals surface area contributed by atoms with Crippen LogP contribution in [0, 0.1) is 0 Å². The van der Waals surface area contributed by atoms with Gasteiger partial charge in [-0.1, -0.05) is 23.2 Å². The minimum Gasteiger partial charge on any atom is -0.496 e. The third kappa shape index (κ3) is 6.01. The topological polar surface area (TPSA) is 79.8 Å². The number of hydrogen-bond donors (Lipinski definition) is 2. The molecule has 0 spiro atoms. The molecule has 0 aliphatic heterocycles. The molecule has 2 amide bonds. The Morgan fingerprint density at radius 2 is 1.92 bits per heavy atom. The summed E-state index contributed by atoms with van der Waals surface area (Å²) in [6.45, 7) is 0. The highest BCUT2D eigenvalue weighted by Crippen LogP contribution is 2.25. The van der Waals surface area contributed by atoms with Crippen LogP contribution < -0.4 is 15.5 Å². The summed E-state index contributed by atoms with van der Waals surface area (Å²) in [6, 6.07) is 9.96. The molecule has 2 aromatic rings. The van der Waals surface area contributed by atoms with Gasteiger partial charge in [0.1, 0.15) is 12.2 Å². The average Bonchev–Trinajstić information content (AvgIpc) is 2.58. The number of nitrogens with one attached hydrogen (secondary N) is 2. The molecule has 0 saturated carbocycles. The van der Waals surface area contributed by atoms with Crippen molar-refractivity contribution in [2.75, 3.05) is 12.4 Å². The minimum absolute atomic E-state index is 0.309. The van der Waals surface area contributed by atoms with Gasteiger partial charge in [0.15, 0.2) is 0 Å². The zero-order chi connectivity index (χ0) is 19.1. The lowest BCUT2D eigenvalue weighted by Gasteiger charge is -2.06. The number of ether oxygens (including phenoxy) is 1. The van der Waals surface area contributed by atoms with E-state index in [4.69, 9.17) is 27.9 Å². The van der Waals surface area contributed by atoms with Crippen molar-refractivity contribution >= 4 is 62.8 Å². The van der Waals surface area contributed by atoms with Gasteiger partial charge in [0, 0.05) is 5.69 Å². The maximum atomic E-state index is 11.8. The molecule has 2 N–H and O–H groups in total. The van der Waals surface area contributed by atoms with Crippen LogP contribution in [0.5, 0.6) is 5.75 Å². The molecule has 0 heterocycles. The van der Waals surface area contributed by atoms with Crippen LogP contribution in [0.3, 0.4) is 0 Å². The molecule has 0 unspecified atom stereocenters. The molecule has 0 fully saturated rings. The van der Waals surface area contributed by atoms with Gasteiger partial charge >= 0.3 is 0 Å². The van der Waals surface area contributed by atoms with Crippen molar-refractivity contribution in [1.82, 2.24) is 5.43 Å². The molecule has 2 aromatic carbocycles. The maximum Gasteiger partial charge on any atom is 0.249 e. The normalized spacial score (nSPS) is 10.6. The number of methoxy groups -OCH3 is 1. The van der Waals surface area contributed by atoms with E-state index >= 15 is 0 Å². The fourth-order valence-corrected chi connectivity index (χ4v) is 2.76. The zero-order valence-electron chi connectivity index (χ0n) is 13.6. The third-order valence-electron chi connectivity index (χ3n) is 3.10. The van der Waals surface area contributed by atoms with Crippen molar-refractivity contribution in [3.63, 3.8) is 0 Å². The van der Waals surface area contributed by atoms with Crippen molar-refractivity contribution in [1.29, 1.82) is 0 Å². The van der Waals surface area contributed by atoms with E-state index in [-0.39, 0.29) is 6.42 Å². The lowest BCUT2D eigenvalue weighted by Crippen LogP contribution is -2.24. The molecule has 26 heavy (non-hydrogen) atoms. The van der Waals surface area contributed by atoms with Crippen molar-refractivity contribution in [3.8, 4) is 5.75 Å². The Morgan fingerprint density at radius 3 is 2.58 bits per heavy atom. The van der Waals surface area contributed by atoms with E-state index in [2.05, 4.69) is 31.8 Å². The lowest BCUT2D eigenvalue weighted by atomic mass is 10.2. The van der Waals surface area contributed by atoms with Gasteiger partial charge < -0.3 is 10.1 Å². The van der Waals surface area contributed by atoms with Crippen LogP contribution in [-0.2, 0) is 9.59 Å². The van der Waals surface area contributed by atoms with Gasteiger partial charge in [-0.3, -0.25) is 9.59 Å². The number of hydrazone groups is 1. The monoisotopic (exact) mass is 457 g/mol. The van der Waals surface area contributed by atoms with E-state index in [0.29, 0.717) is 21.5 Å². The second-order valence-corrected chi connectivity index (χ2v) is 6.71. The van der Waals surface area contributed by atoms with E-state index in [1.807, 2.05) is 0 Å². The Labute approximate surface area is 168 Å². The van der Waals surface area contributed by atoms with Gasteiger partial charge in [-0.25, -0.2) is 5.43 Å². The first-order valence-electron chi connectivity index (χ1n) is 7.29. The Bertz CT molecular complexity index is 859. The van der Waals surface area contributed by atoms with E-state index in [9.17, 15) is 9.59 Å². The summed E-state index contributed by atoms with van der Waals surface area (Å²) in [5.74, 6) is -0.361. The van der Waals surface area contributed by atoms with Gasteiger partial charge in [0.05, 0.1) is 27.8 Å². The first kappa shape index (κ1) is 20.2. The third-order valence-corrected chi connectivity index (χ3v) is 4.46. The highest BCUT2D eigenvalue weighted by Gasteiger charge is 2.10. The number of anilines is 1. The molecule has 0 aromatic heterocycles. The molecule has 2 rings (SSSR count). The van der Waals surface area contributed by atoms with Gasteiger partial charge in [-0.15, -0.1) is 0 Å². The summed E-state index contributed by atoms with van der Waals surface area (Å²) in [5.41, 5.74) is 3.49. The Kier molecular flexibility index (Phi) is 7.44. The second kappa shape index (κ2) is 9.56. The summed E-state index contributed by atoms with van der Waals surface area (Å²) >= 11 is 15.0. The van der Waals surface area contributed by atoms with Crippen LogP contribution in [0.4, 0.5) is 5.69 Å². The number of halogens is 3. The fourth-order valence-electron chi connectivity index (χ4n) is 1.91. The van der Waals surface area contributed by atoms with Crippen LogP contribution >= 0.6 is 39.1 Å². The van der Waals surface area contributed by atoms with Crippen LogP contribution in [0.15, 0.2) is 46.0 Å². The molecular formula is C17H14BrCl2N3O3. The van der Waals surface area contributed by atoms with Crippen LogP contribution in [0.2, 0.25) is 10.0 Å². The molecule has 0 bridgehead atoms. The summed E-state index contributed by atoms with van der Waals surface area (Å²) < 4.78 is 5.89. The van der Waals surface area contributed by atoms with E-state index < -0.39 is 11.8 Å². The Hall–Kier alpha value is -2.09. The minimum atomic E-state index is -0.550. The lowest BCUT2D eigenvalue weighted by molar-refractivity contribution is -0.126. The fraction of sp³-hybridized carbons (Fsp3) is 0.118. The van der Waals surface area contributed by atoms with Crippen LogP contribution in [0.25, 0.3) is 0 Å². The van der Waals surface area contributed by atoms with Gasteiger partial charge in [0.2, 0.25) is 11.8 Å². The number of hydrogen-bond acceptors (Lipinski definition) is 4. The zero-order valence-corrected chi connectivity index (χ0v) is 16.7. The van der Waals surface area contributed by atoms with Gasteiger partial charge in [-0.05, 0) is 57.9 Å². The molecule has 0 aliphatic carbocycles. The molecule has 0 aliphatic rings. The van der Waals surface area contributed by atoms with Crippen LogP contribution in [0.1, 0.15) is 12.0 Å². The predicted octanol–water partition coefficient (Wildman–Crippen LogP) is 4.24. The predicted molar refractivity (Wildman–Crippen MR) is 106 cm³/mol. The number of rotatable bonds is 6. The summed E-state index contributed by atoms with van der Waals surface area (Å²) in [7, 11) is 1.57. The molecule has 6 nitrogen and oxygen atoms in total. The molecule has 9 heteroatoms. The molecule has 0 radical (unpaired) electrons. The van der Waals surface area contributed by atoms with Crippen LogP contribution in [-0.4, -0.2) is 25.1 Å². The molecule has 0 atom stereocenters. The average molecular weight is 459 g/mol. The number of nitrogens with zero attached hydrogens (tertiary/aromatic N) is 1. The van der Waals surface area contributed by atoms with Gasteiger partial charge in [0.25, 0.3) is 0 Å². The van der Waals surface area contributed by atoms with Gasteiger partial charge in [-0.2, -0.15) is 5.10 Å². The number of amides is 2. The maximum absolute atomic E-state index is 11.8. The van der Waals surface area contributed by atoms with Crippen molar-refractivity contribution in [3.05, 3.63) is 56.5 Å². The number of carbonyl (C=O) groups excluding carboxylic acids is 2. The molecule has 0 saturated heterocycles. The number of carbonyl (C=O) groups is 2.